The van der Waals surface area contributed by atoms with Crippen molar-refractivity contribution in [2.24, 2.45) is 0 Å². The Morgan fingerprint density at radius 1 is 0.583 bits per heavy atom. The van der Waals surface area contributed by atoms with E-state index in [1.807, 2.05) is 0 Å². The van der Waals surface area contributed by atoms with Gasteiger partial charge in [0.2, 0.25) is 0 Å². The summed E-state index contributed by atoms with van der Waals surface area (Å²) in [5, 5.41) is 6.62. The summed E-state index contributed by atoms with van der Waals surface area (Å²) in [7, 11) is 0. The molecule has 1 fully saturated rings. The van der Waals surface area contributed by atoms with Crippen LogP contribution in [0.1, 0.15) is 55.3 Å². The number of fused-ring (bicyclic) bond motifs is 1. The van der Waals surface area contributed by atoms with E-state index >= 15 is 0 Å². The molecule has 3 aromatic rings. The average Bonchev–Trinajstić information content (AvgIpc) is 2.62. The lowest BCUT2D eigenvalue weighted by Crippen LogP contribution is -2.28. The summed E-state index contributed by atoms with van der Waals surface area (Å²) in [4.78, 5) is 0. The minimum absolute atomic E-state index is 0.445. The molecule has 0 saturated carbocycles. The second-order valence-electron chi connectivity index (χ2n) is 6.93. The Balaban J connectivity index is 1.63. The summed E-state index contributed by atoms with van der Waals surface area (Å²) in [5.74, 6) is 0. The molecule has 0 unspecified atom stereocenters. The highest BCUT2D eigenvalue weighted by Crippen LogP contribution is 2.31. The van der Waals surface area contributed by atoms with Gasteiger partial charge in [-0.25, -0.2) is 0 Å². The topological polar surface area (TPSA) is 12.0 Å². The first-order chi connectivity index (χ1) is 11.9. The maximum absolute atomic E-state index is 3.95. The van der Waals surface area contributed by atoms with Gasteiger partial charge in [-0.05, 0) is 40.8 Å². The normalized spacial score (nSPS) is 22.0. The van der Waals surface area contributed by atoms with Gasteiger partial charge in [0, 0.05) is 12.1 Å². The molecule has 0 radical (unpaired) electrons. The van der Waals surface area contributed by atoms with Gasteiger partial charge in [0.25, 0.3) is 0 Å². The lowest BCUT2D eigenvalue weighted by atomic mass is 9.91. The summed E-state index contributed by atoms with van der Waals surface area (Å²) in [6.45, 7) is 0. The summed E-state index contributed by atoms with van der Waals surface area (Å²) in [5.41, 5.74) is 2.85. The molecule has 0 spiro atoms. The largest absolute Gasteiger partial charge is 0.303 e. The first-order valence-electron chi connectivity index (χ1n) is 9.20. The van der Waals surface area contributed by atoms with E-state index < -0.39 is 0 Å². The van der Waals surface area contributed by atoms with Crippen molar-refractivity contribution in [2.45, 2.75) is 44.2 Å². The van der Waals surface area contributed by atoms with Crippen LogP contribution < -0.4 is 5.32 Å². The van der Waals surface area contributed by atoms with Crippen molar-refractivity contribution in [3.05, 3.63) is 83.9 Å². The van der Waals surface area contributed by atoms with Crippen LogP contribution in [0.3, 0.4) is 0 Å². The Morgan fingerprint density at radius 2 is 1.25 bits per heavy atom. The molecule has 4 rings (SSSR count). The molecule has 0 aliphatic carbocycles. The van der Waals surface area contributed by atoms with Crippen molar-refractivity contribution < 1.29 is 0 Å². The summed E-state index contributed by atoms with van der Waals surface area (Å²) in [6, 6.07) is 27.4. The number of hydrogen-bond donors (Lipinski definition) is 1. The van der Waals surface area contributed by atoms with E-state index in [9.17, 15) is 0 Å². The van der Waals surface area contributed by atoms with Gasteiger partial charge in [-0.2, -0.15) is 0 Å². The van der Waals surface area contributed by atoms with Crippen molar-refractivity contribution in [1.82, 2.24) is 5.32 Å². The number of rotatable bonds is 2. The third-order valence-corrected chi connectivity index (χ3v) is 5.27. The maximum atomic E-state index is 3.95. The molecule has 1 N–H and O–H groups in total. The van der Waals surface area contributed by atoms with E-state index in [1.54, 1.807) is 0 Å². The van der Waals surface area contributed by atoms with E-state index in [0.29, 0.717) is 12.1 Å². The zero-order valence-corrected chi connectivity index (χ0v) is 14.1. The molecular formula is C23H25N. The van der Waals surface area contributed by atoms with Crippen molar-refractivity contribution >= 4 is 10.8 Å². The molecular weight excluding hydrogens is 290 g/mol. The lowest BCUT2D eigenvalue weighted by Gasteiger charge is -2.29. The van der Waals surface area contributed by atoms with Crippen molar-refractivity contribution in [2.75, 3.05) is 0 Å². The van der Waals surface area contributed by atoms with E-state index in [-0.39, 0.29) is 0 Å². The number of nitrogens with one attached hydrogen (secondary N) is 1. The third-order valence-electron chi connectivity index (χ3n) is 5.27. The second-order valence-corrected chi connectivity index (χ2v) is 6.93. The zero-order chi connectivity index (χ0) is 16.2. The zero-order valence-electron chi connectivity index (χ0n) is 14.1. The van der Waals surface area contributed by atoms with Crippen LogP contribution in [0.15, 0.2) is 72.8 Å². The molecule has 0 amide bonds. The van der Waals surface area contributed by atoms with Gasteiger partial charge in [-0.3, -0.25) is 0 Å². The fourth-order valence-corrected chi connectivity index (χ4v) is 3.92. The monoisotopic (exact) mass is 315 g/mol. The summed E-state index contributed by atoms with van der Waals surface area (Å²) < 4.78 is 0. The molecule has 0 bridgehead atoms. The van der Waals surface area contributed by atoms with Crippen LogP contribution in [0.5, 0.6) is 0 Å². The number of hydrogen-bond acceptors (Lipinski definition) is 1. The fraction of sp³-hybridized carbons (Fsp3) is 0.304. The molecule has 1 nitrogen and oxygen atoms in total. The first-order valence-corrected chi connectivity index (χ1v) is 9.20. The van der Waals surface area contributed by atoms with Crippen LogP contribution in [-0.2, 0) is 0 Å². The molecule has 2 atom stereocenters. The third kappa shape index (κ3) is 3.37. The van der Waals surface area contributed by atoms with E-state index in [4.69, 9.17) is 0 Å². The second kappa shape index (κ2) is 7.19. The first kappa shape index (κ1) is 15.4. The highest BCUT2D eigenvalue weighted by molar-refractivity contribution is 5.83. The van der Waals surface area contributed by atoms with E-state index in [0.717, 1.165) is 0 Å². The Bertz CT molecular complexity index is 793. The minimum atomic E-state index is 0.445. The molecule has 1 saturated heterocycles. The molecule has 1 heterocycles. The van der Waals surface area contributed by atoms with Crippen molar-refractivity contribution in [3.63, 3.8) is 0 Å². The highest BCUT2D eigenvalue weighted by atomic mass is 15.0. The van der Waals surface area contributed by atoms with Gasteiger partial charge in [0.15, 0.2) is 0 Å². The van der Waals surface area contributed by atoms with Crippen LogP contribution in [-0.4, -0.2) is 0 Å². The fourth-order valence-electron chi connectivity index (χ4n) is 3.92. The molecule has 1 aliphatic heterocycles. The van der Waals surface area contributed by atoms with Crippen molar-refractivity contribution in [3.8, 4) is 0 Å². The van der Waals surface area contributed by atoms with Crippen molar-refractivity contribution in [1.29, 1.82) is 0 Å². The number of benzene rings is 3. The van der Waals surface area contributed by atoms with Gasteiger partial charge in [0.05, 0.1) is 0 Å². The van der Waals surface area contributed by atoms with E-state index in [2.05, 4.69) is 78.1 Å². The molecule has 24 heavy (non-hydrogen) atoms. The average molecular weight is 315 g/mol. The standard InChI is InChI=1S/C23H25N/c1-3-10-19(11-4-1)22-13-5-2-6-14-23(24-22)21-16-15-18-9-7-8-12-20(18)17-21/h1,3-4,7-12,15-17,22-24H,2,5-6,13-14H2/t22-,23-/m0/s1. The quantitative estimate of drug-likeness (QED) is 0.595. The molecule has 3 aromatic carbocycles. The van der Waals surface area contributed by atoms with Crippen LogP contribution in [0.4, 0.5) is 0 Å². The maximum Gasteiger partial charge on any atom is 0.0326 e. The summed E-state index contributed by atoms with van der Waals surface area (Å²) in [6.07, 6.45) is 6.42. The van der Waals surface area contributed by atoms with Gasteiger partial charge in [-0.1, -0.05) is 86.0 Å². The Labute approximate surface area is 144 Å². The van der Waals surface area contributed by atoms with Gasteiger partial charge >= 0.3 is 0 Å². The molecule has 0 aromatic heterocycles. The molecule has 122 valence electrons. The molecule has 1 aliphatic rings. The molecule has 1 heteroatoms. The summed E-state index contributed by atoms with van der Waals surface area (Å²) >= 11 is 0. The van der Waals surface area contributed by atoms with E-state index in [1.165, 1.54) is 54.0 Å². The smallest absolute Gasteiger partial charge is 0.0326 e. The van der Waals surface area contributed by atoms with Crippen LogP contribution in [0.25, 0.3) is 10.8 Å². The Morgan fingerprint density at radius 3 is 2.04 bits per heavy atom. The van der Waals surface area contributed by atoms with Gasteiger partial charge < -0.3 is 5.32 Å². The predicted octanol–water partition coefficient (Wildman–Crippen LogP) is 6.18. The van der Waals surface area contributed by atoms with Crippen LogP contribution in [0.2, 0.25) is 0 Å². The van der Waals surface area contributed by atoms with Crippen LogP contribution >= 0.6 is 0 Å². The van der Waals surface area contributed by atoms with Gasteiger partial charge in [0.1, 0.15) is 0 Å². The highest BCUT2D eigenvalue weighted by Gasteiger charge is 2.20. The minimum Gasteiger partial charge on any atom is -0.303 e. The Hall–Kier alpha value is -2.12. The van der Waals surface area contributed by atoms with Crippen LogP contribution in [0, 0.1) is 0 Å². The predicted molar refractivity (Wildman–Crippen MR) is 102 cm³/mol. The lowest BCUT2D eigenvalue weighted by molar-refractivity contribution is 0.356. The Kier molecular flexibility index (Phi) is 4.62. The van der Waals surface area contributed by atoms with Gasteiger partial charge in [-0.15, -0.1) is 0 Å². The SMILES string of the molecule is c1ccc([C@@H]2CCCCC[C@@H](c3ccc4ccccc4c3)N2)cc1.